The SMILES string of the molecule is CC(CC#N)NC(=O)c1cccnc1F. The van der Waals surface area contributed by atoms with Gasteiger partial charge in [0.2, 0.25) is 5.95 Å². The number of nitriles is 1. The predicted molar refractivity (Wildman–Crippen MR) is 51.4 cm³/mol. The highest BCUT2D eigenvalue weighted by Gasteiger charge is 2.13. The molecule has 15 heavy (non-hydrogen) atoms. The first-order valence-electron chi connectivity index (χ1n) is 4.43. The third-order valence-electron chi connectivity index (χ3n) is 1.78. The summed E-state index contributed by atoms with van der Waals surface area (Å²) in [5.41, 5.74) is -0.109. The maximum Gasteiger partial charge on any atom is 0.256 e. The number of halogens is 1. The van der Waals surface area contributed by atoms with E-state index >= 15 is 0 Å². The van der Waals surface area contributed by atoms with E-state index in [2.05, 4.69) is 10.3 Å². The van der Waals surface area contributed by atoms with Crippen molar-refractivity contribution >= 4 is 5.91 Å². The first-order valence-corrected chi connectivity index (χ1v) is 4.43. The predicted octanol–water partition coefficient (Wildman–Crippen LogP) is 1.25. The van der Waals surface area contributed by atoms with Crippen LogP contribution in [0, 0.1) is 17.3 Å². The van der Waals surface area contributed by atoms with Gasteiger partial charge in [-0.25, -0.2) is 4.98 Å². The number of rotatable bonds is 3. The van der Waals surface area contributed by atoms with E-state index in [9.17, 15) is 9.18 Å². The van der Waals surface area contributed by atoms with Crippen molar-refractivity contribution in [1.29, 1.82) is 5.26 Å². The summed E-state index contributed by atoms with van der Waals surface area (Å²) in [6, 6.07) is 4.43. The Kier molecular flexibility index (Phi) is 3.75. The number of carbonyl (C=O) groups is 1. The van der Waals surface area contributed by atoms with E-state index in [1.54, 1.807) is 6.92 Å². The third kappa shape index (κ3) is 3.02. The molecule has 1 rings (SSSR count). The Bertz CT molecular complexity index is 400. The van der Waals surface area contributed by atoms with Gasteiger partial charge in [-0.1, -0.05) is 0 Å². The van der Waals surface area contributed by atoms with Gasteiger partial charge >= 0.3 is 0 Å². The Morgan fingerprint density at radius 2 is 2.53 bits per heavy atom. The highest BCUT2D eigenvalue weighted by molar-refractivity contribution is 5.94. The zero-order chi connectivity index (χ0) is 11.3. The molecule has 1 atom stereocenters. The molecule has 0 radical (unpaired) electrons. The molecule has 0 saturated carbocycles. The van der Waals surface area contributed by atoms with Crippen molar-refractivity contribution in [2.45, 2.75) is 19.4 Å². The van der Waals surface area contributed by atoms with Gasteiger partial charge in [-0.2, -0.15) is 9.65 Å². The molecule has 0 bridgehead atoms. The van der Waals surface area contributed by atoms with Gasteiger partial charge in [-0.3, -0.25) is 4.79 Å². The average molecular weight is 207 g/mol. The van der Waals surface area contributed by atoms with Crippen molar-refractivity contribution in [1.82, 2.24) is 10.3 Å². The first kappa shape index (κ1) is 11.1. The molecule has 1 aromatic rings. The van der Waals surface area contributed by atoms with Crippen molar-refractivity contribution in [2.75, 3.05) is 0 Å². The molecule has 1 heterocycles. The van der Waals surface area contributed by atoms with Crippen LogP contribution in [0.4, 0.5) is 4.39 Å². The van der Waals surface area contributed by atoms with Crippen LogP contribution in [0.3, 0.4) is 0 Å². The Hall–Kier alpha value is -1.96. The highest BCUT2D eigenvalue weighted by Crippen LogP contribution is 2.03. The molecule has 0 aliphatic heterocycles. The molecular weight excluding hydrogens is 197 g/mol. The minimum Gasteiger partial charge on any atom is -0.348 e. The number of nitrogens with one attached hydrogen (secondary N) is 1. The number of nitrogens with zero attached hydrogens (tertiary/aromatic N) is 2. The lowest BCUT2D eigenvalue weighted by atomic mass is 10.2. The Balaban J connectivity index is 2.70. The van der Waals surface area contributed by atoms with E-state index in [4.69, 9.17) is 5.26 Å². The van der Waals surface area contributed by atoms with Gasteiger partial charge in [-0.15, -0.1) is 0 Å². The first-order chi connectivity index (χ1) is 7.15. The standard InChI is InChI=1S/C10H10FN3O/c1-7(4-5-12)14-10(15)8-3-2-6-13-9(8)11/h2-3,6-7H,4H2,1H3,(H,14,15). The lowest BCUT2D eigenvalue weighted by molar-refractivity contribution is 0.0936. The van der Waals surface area contributed by atoms with Crippen LogP contribution in [0.15, 0.2) is 18.3 Å². The molecule has 1 aromatic heterocycles. The van der Waals surface area contributed by atoms with Crippen molar-refractivity contribution in [2.24, 2.45) is 0 Å². The van der Waals surface area contributed by atoms with Gasteiger partial charge in [0, 0.05) is 12.2 Å². The molecule has 0 aliphatic rings. The number of amides is 1. The maximum atomic E-state index is 13.0. The third-order valence-corrected chi connectivity index (χ3v) is 1.78. The van der Waals surface area contributed by atoms with Crippen LogP contribution in [0.2, 0.25) is 0 Å². The molecular formula is C10H10FN3O. The fraction of sp³-hybridized carbons (Fsp3) is 0.300. The zero-order valence-electron chi connectivity index (χ0n) is 8.20. The molecule has 0 aliphatic carbocycles. The van der Waals surface area contributed by atoms with E-state index in [0.717, 1.165) is 0 Å². The minimum absolute atomic E-state index is 0.109. The molecule has 0 fully saturated rings. The fourth-order valence-electron chi connectivity index (χ4n) is 1.04. The Morgan fingerprint density at radius 3 is 3.13 bits per heavy atom. The van der Waals surface area contributed by atoms with E-state index in [-0.39, 0.29) is 18.0 Å². The fourth-order valence-corrected chi connectivity index (χ4v) is 1.04. The lowest BCUT2D eigenvalue weighted by Crippen LogP contribution is -2.32. The van der Waals surface area contributed by atoms with E-state index in [1.165, 1.54) is 18.3 Å². The Labute approximate surface area is 86.7 Å². The number of hydrogen-bond donors (Lipinski definition) is 1. The highest BCUT2D eigenvalue weighted by atomic mass is 19.1. The maximum absolute atomic E-state index is 13.0. The summed E-state index contributed by atoms with van der Waals surface area (Å²) >= 11 is 0. The topological polar surface area (TPSA) is 65.8 Å². The van der Waals surface area contributed by atoms with Gasteiger partial charge in [0.05, 0.1) is 18.1 Å². The molecule has 1 N–H and O–H groups in total. The molecule has 0 spiro atoms. The molecule has 78 valence electrons. The second kappa shape index (κ2) is 5.05. The molecule has 1 unspecified atom stereocenters. The van der Waals surface area contributed by atoms with Crippen LogP contribution in [0.5, 0.6) is 0 Å². The van der Waals surface area contributed by atoms with Gasteiger partial charge in [0.25, 0.3) is 5.91 Å². The number of carbonyl (C=O) groups excluding carboxylic acids is 1. The number of pyridine rings is 1. The summed E-state index contributed by atoms with van der Waals surface area (Å²) in [6.45, 7) is 1.68. The van der Waals surface area contributed by atoms with E-state index in [0.29, 0.717) is 0 Å². The summed E-state index contributed by atoms with van der Waals surface area (Å²) in [6.07, 6.45) is 1.46. The summed E-state index contributed by atoms with van der Waals surface area (Å²) in [4.78, 5) is 14.8. The van der Waals surface area contributed by atoms with Crippen molar-refractivity contribution in [3.8, 4) is 6.07 Å². The van der Waals surface area contributed by atoms with Crippen molar-refractivity contribution in [3.63, 3.8) is 0 Å². The van der Waals surface area contributed by atoms with Gasteiger partial charge < -0.3 is 5.32 Å². The van der Waals surface area contributed by atoms with Gasteiger partial charge in [0.1, 0.15) is 0 Å². The number of hydrogen-bond acceptors (Lipinski definition) is 3. The van der Waals surface area contributed by atoms with Crippen LogP contribution in [0.25, 0.3) is 0 Å². The lowest BCUT2D eigenvalue weighted by Gasteiger charge is -2.09. The normalized spacial score (nSPS) is 11.5. The molecule has 0 saturated heterocycles. The smallest absolute Gasteiger partial charge is 0.256 e. The molecule has 0 aromatic carbocycles. The van der Waals surface area contributed by atoms with Crippen molar-refractivity contribution < 1.29 is 9.18 Å². The molecule has 4 nitrogen and oxygen atoms in total. The summed E-state index contributed by atoms with van der Waals surface area (Å²) in [7, 11) is 0. The molecule has 5 heteroatoms. The van der Waals surface area contributed by atoms with Crippen LogP contribution in [-0.4, -0.2) is 16.9 Å². The second-order valence-corrected chi connectivity index (χ2v) is 3.08. The van der Waals surface area contributed by atoms with Crippen LogP contribution in [-0.2, 0) is 0 Å². The zero-order valence-corrected chi connectivity index (χ0v) is 8.20. The summed E-state index contributed by atoms with van der Waals surface area (Å²) in [5.74, 6) is -1.36. The van der Waals surface area contributed by atoms with Crippen LogP contribution < -0.4 is 5.32 Å². The quantitative estimate of drug-likeness (QED) is 0.758. The summed E-state index contributed by atoms with van der Waals surface area (Å²) in [5, 5.41) is 10.9. The summed E-state index contributed by atoms with van der Waals surface area (Å²) < 4.78 is 13.0. The van der Waals surface area contributed by atoms with Crippen LogP contribution >= 0.6 is 0 Å². The monoisotopic (exact) mass is 207 g/mol. The minimum atomic E-state index is -0.806. The number of aromatic nitrogens is 1. The second-order valence-electron chi connectivity index (χ2n) is 3.08. The largest absolute Gasteiger partial charge is 0.348 e. The van der Waals surface area contributed by atoms with Crippen molar-refractivity contribution in [3.05, 3.63) is 29.8 Å². The van der Waals surface area contributed by atoms with Crippen LogP contribution in [0.1, 0.15) is 23.7 Å². The average Bonchev–Trinajstić information content (AvgIpc) is 2.18. The van der Waals surface area contributed by atoms with E-state index < -0.39 is 11.9 Å². The molecule has 1 amide bonds. The Morgan fingerprint density at radius 1 is 1.80 bits per heavy atom. The van der Waals surface area contributed by atoms with E-state index in [1.807, 2.05) is 6.07 Å². The van der Waals surface area contributed by atoms with Gasteiger partial charge in [-0.05, 0) is 19.1 Å². The van der Waals surface area contributed by atoms with Gasteiger partial charge in [0.15, 0.2) is 0 Å².